The van der Waals surface area contributed by atoms with Gasteiger partial charge in [0.05, 0.1) is 11.7 Å². The summed E-state index contributed by atoms with van der Waals surface area (Å²) in [6.45, 7) is 0. The second kappa shape index (κ2) is 3.28. The molecule has 0 aromatic carbocycles. The Labute approximate surface area is 86.3 Å². The van der Waals surface area contributed by atoms with Crippen LogP contribution in [0.4, 0.5) is 0 Å². The van der Waals surface area contributed by atoms with Gasteiger partial charge in [-0.15, -0.1) is 0 Å². The predicted molar refractivity (Wildman–Crippen MR) is 57.3 cm³/mol. The molecular weight excluding hydrogens is 194 g/mol. The van der Waals surface area contributed by atoms with Gasteiger partial charge in [-0.05, 0) is 24.8 Å². The number of nitrogens with one attached hydrogen (secondary N) is 1. The Morgan fingerprint density at radius 2 is 2.43 bits per heavy atom. The molecule has 1 aliphatic rings. The second-order valence-electron chi connectivity index (χ2n) is 3.69. The molecule has 72 valence electrons. The summed E-state index contributed by atoms with van der Waals surface area (Å²) < 4.78 is 0. The van der Waals surface area contributed by atoms with Gasteiger partial charge in [-0.1, -0.05) is 11.8 Å². The molecule has 1 N–H and O–H groups in total. The molecule has 4 heteroatoms. The molecule has 0 atom stereocenters. The van der Waals surface area contributed by atoms with Crippen LogP contribution in [0, 0.1) is 5.92 Å². The summed E-state index contributed by atoms with van der Waals surface area (Å²) in [5.41, 5.74) is 2.05. The highest BCUT2D eigenvalue weighted by Crippen LogP contribution is 2.34. The molecule has 1 saturated carbocycles. The van der Waals surface area contributed by atoms with Gasteiger partial charge in [0.1, 0.15) is 5.52 Å². The van der Waals surface area contributed by atoms with E-state index in [-0.39, 0.29) is 0 Å². The van der Waals surface area contributed by atoms with Gasteiger partial charge in [0.25, 0.3) is 0 Å². The number of aromatic nitrogens is 3. The molecule has 0 aliphatic heterocycles. The molecule has 0 amide bonds. The topological polar surface area (TPSA) is 41.6 Å². The molecule has 1 aliphatic carbocycles. The Morgan fingerprint density at radius 3 is 3.21 bits per heavy atom. The Bertz CT molecular complexity index is 414. The van der Waals surface area contributed by atoms with E-state index < -0.39 is 0 Å². The molecule has 3 rings (SSSR count). The van der Waals surface area contributed by atoms with Crippen LogP contribution in [-0.4, -0.2) is 20.7 Å². The Kier molecular flexibility index (Phi) is 1.94. The average molecular weight is 205 g/mol. The smallest absolute Gasteiger partial charge is 0.166 e. The summed E-state index contributed by atoms with van der Waals surface area (Å²) in [4.78, 5) is 11.8. The van der Waals surface area contributed by atoms with Crippen LogP contribution in [0.15, 0.2) is 23.6 Å². The monoisotopic (exact) mass is 205 g/mol. The second-order valence-corrected chi connectivity index (χ2v) is 4.70. The number of aromatic amines is 1. The van der Waals surface area contributed by atoms with E-state index in [1.54, 1.807) is 12.4 Å². The van der Waals surface area contributed by atoms with Crippen molar-refractivity contribution in [2.24, 2.45) is 5.92 Å². The zero-order valence-electron chi connectivity index (χ0n) is 7.73. The molecule has 3 nitrogen and oxygen atoms in total. The van der Waals surface area contributed by atoms with E-state index in [2.05, 4.69) is 15.0 Å². The molecule has 0 unspecified atom stereocenters. The highest BCUT2D eigenvalue weighted by atomic mass is 32.2. The van der Waals surface area contributed by atoms with Gasteiger partial charge in [-0.3, -0.25) is 4.98 Å². The first-order valence-electron chi connectivity index (χ1n) is 4.84. The minimum atomic E-state index is 0.936. The highest BCUT2D eigenvalue weighted by molar-refractivity contribution is 7.99. The fourth-order valence-corrected chi connectivity index (χ4v) is 2.46. The first kappa shape index (κ1) is 8.29. The minimum Gasteiger partial charge on any atom is -0.333 e. The summed E-state index contributed by atoms with van der Waals surface area (Å²) >= 11 is 1.82. The van der Waals surface area contributed by atoms with Crippen molar-refractivity contribution in [2.75, 3.05) is 5.75 Å². The summed E-state index contributed by atoms with van der Waals surface area (Å²) in [6.07, 6.45) is 6.38. The SMILES string of the molecule is c1cc2[nH]c(SCC3CC3)nc2cn1. The van der Waals surface area contributed by atoms with Crippen LogP contribution < -0.4 is 0 Å². The minimum absolute atomic E-state index is 0.936. The first-order valence-corrected chi connectivity index (χ1v) is 5.83. The number of pyridine rings is 1. The third-order valence-electron chi connectivity index (χ3n) is 2.42. The maximum absolute atomic E-state index is 4.46. The molecule has 0 bridgehead atoms. The Hall–Kier alpha value is -1.03. The zero-order chi connectivity index (χ0) is 9.38. The molecule has 14 heavy (non-hydrogen) atoms. The van der Waals surface area contributed by atoms with Crippen molar-refractivity contribution >= 4 is 22.8 Å². The molecule has 0 saturated heterocycles. The number of rotatable bonds is 3. The van der Waals surface area contributed by atoms with Gasteiger partial charge < -0.3 is 4.98 Å². The third kappa shape index (κ3) is 1.62. The number of hydrogen-bond donors (Lipinski definition) is 1. The molecule has 2 aromatic heterocycles. The van der Waals surface area contributed by atoms with Crippen molar-refractivity contribution in [1.82, 2.24) is 15.0 Å². The maximum atomic E-state index is 4.46. The largest absolute Gasteiger partial charge is 0.333 e. The van der Waals surface area contributed by atoms with Gasteiger partial charge in [0.2, 0.25) is 0 Å². The normalized spacial score (nSPS) is 16.3. The lowest BCUT2D eigenvalue weighted by molar-refractivity contribution is 0.985. The van der Waals surface area contributed by atoms with E-state index in [4.69, 9.17) is 0 Å². The summed E-state index contributed by atoms with van der Waals surface area (Å²) in [7, 11) is 0. The number of H-pyrrole nitrogens is 1. The highest BCUT2D eigenvalue weighted by Gasteiger charge is 2.21. The fraction of sp³-hybridized carbons (Fsp3) is 0.400. The Morgan fingerprint density at radius 1 is 1.50 bits per heavy atom. The van der Waals surface area contributed by atoms with Gasteiger partial charge in [0.15, 0.2) is 5.16 Å². The van der Waals surface area contributed by atoms with Crippen LogP contribution >= 0.6 is 11.8 Å². The predicted octanol–water partition coefficient (Wildman–Crippen LogP) is 2.46. The van der Waals surface area contributed by atoms with Gasteiger partial charge in [0, 0.05) is 11.9 Å². The Balaban J connectivity index is 1.82. The molecule has 2 heterocycles. The lowest BCUT2D eigenvalue weighted by atomic mass is 10.4. The molecule has 0 spiro atoms. The van der Waals surface area contributed by atoms with Crippen LogP contribution in [0.5, 0.6) is 0 Å². The standard InChI is InChI=1S/C10H11N3S/c1-2-7(1)6-14-10-12-8-3-4-11-5-9(8)13-10/h3-5,7H,1-2,6H2,(H,12,13). The summed E-state index contributed by atoms with van der Waals surface area (Å²) in [6, 6.07) is 1.96. The van der Waals surface area contributed by atoms with E-state index >= 15 is 0 Å². The van der Waals surface area contributed by atoms with Gasteiger partial charge in [-0.2, -0.15) is 0 Å². The van der Waals surface area contributed by atoms with Crippen LogP contribution in [0.1, 0.15) is 12.8 Å². The van der Waals surface area contributed by atoms with Crippen molar-refractivity contribution in [3.05, 3.63) is 18.5 Å². The third-order valence-corrected chi connectivity index (χ3v) is 3.52. The zero-order valence-corrected chi connectivity index (χ0v) is 8.55. The van der Waals surface area contributed by atoms with Crippen LogP contribution in [0.25, 0.3) is 11.0 Å². The first-order chi connectivity index (χ1) is 6.92. The average Bonchev–Trinajstić information content (AvgIpc) is 2.94. The fourth-order valence-electron chi connectivity index (χ4n) is 1.38. The van der Waals surface area contributed by atoms with E-state index in [0.717, 1.165) is 22.1 Å². The molecule has 0 radical (unpaired) electrons. The molecule has 1 fully saturated rings. The number of hydrogen-bond acceptors (Lipinski definition) is 3. The van der Waals surface area contributed by atoms with E-state index in [9.17, 15) is 0 Å². The van der Waals surface area contributed by atoms with Crippen molar-refractivity contribution in [3.63, 3.8) is 0 Å². The summed E-state index contributed by atoms with van der Waals surface area (Å²) in [5, 5.41) is 1.03. The van der Waals surface area contributed by atoms with Crippen molar-refractivity contribution in [3.8, 4) is 0 Å². The lowest BCUT2D eigenvalue weighted by Gasteiger charge is -1.92. The van der Waals surface area contributed by atoms with E-state index in [1.807, 2.05) is 17.8 Å². The lowest BCUT2D eigenvalue weighted by Crippen LogP contribution is -1.81. The number of imidazole rings is 1. The van der Waals surface area contributed by atoms with Gasteiger partial charge >= 0.3 is 0 Å². The van der Waals surface area contributed by atoms with Crippen LogP contribution in [0.3, 0.4) is 0 Å². The van der Waals surface area contributed by atoms with Crippen molar-refractivity contribution in [1.29, 1.82) is 0 Å². The number of nitrogens with zero attached hydrogens (tertiary/aromatic N) is 2. The van der Waals surface area contributed by atoms with Crippen LogP contribution in [-0.2, 0) is 0 Å². The molecular formula is C10H11N3S. The van der Waals surface area contributed by atoms with Gasteiger partial charge in [-0.25, -0.2) is 4.98 Å². The van der Waals surface area contributed by atoms with Crippen molar-refractivity contribution in [2.45, 2.75) is 18.0 Å². The number of thioether (sulfide) groups is 1. The summed E-state index contributed by atoms with van der Waals surface area (Å²) in [5.74, 6) is 2.14. The van der Waals surface area contributed by atoms with Crippen molar-refractivity contribution < 1.29 is 0 Å². The van der Waals surface area contributed by atoms with E-state index in [0.29, 0.717) is 0 Å². The molecule has 2 aromatic rings. The van der Waals surface area contributed by atoms with Crippen LogP contribution in [0.2, 0.25) is 0 Å². The van der Waals surface area contributed by atoms with E-state index in [1.165, 1.54) is 18.6 Å². The maximum Gasteiger partial charge on any atom is 0.166 e. The number of fused-ring (bicyclic) bond motifs is 1. The quantitative estimate of drug-likeness (QED) is 0.783.